The van der Waals surface area contributed by atoms with Crippen molar-refractivity contribution in [2.75, 3.05) is 19.8 Å². The molecule has 3 atom stereocenters. The molecule has 3 unspecified atom stereocenters. The van der Waals surface area contributed by atoms with Gasteiger partial charge < -0.3 is 9.47 Å². The van der Waals surface area contributed by atoms with Crippen molar-refractivity contribution < 1.29 is 14.3 Å². The van der Waals surface area contributed by atoms with Gasteiger partial charge >= 0.3 is 5.97 Å². The predicted molar refractivity (Wildman–Crippen MR) is 120 cm³/mol. The molecule has 0 N–H and O–H groups in total. The van der Waals surface area contributed by atoms with Crippen LogP contribution in [0.4, 0.5) is 0 Å². The molecule has 6 heteroatoms. The summed E-state index contributed by atoms with van der Waals surface area (Å²) >= 11 is 0. The highest BCUT2D eigenvalue weighted by atomic mass is 16.5. The van der Waals surface area contributed by atoms with Crippen LogP contribution in [0.5, 0.6) is 0 Å². The van der Waals surface area contributed by atoms with Crippen molar-refractivity contribution in [3.8, 4) is 0 Å². The number of piperidine rings is 1. The lowest BCUT2D eigenvalue weighted by molar-refractivity contribution is -0.0276. The Morgan fingerprint density at radius 2 is 1.94 bits per heavy atom. The number of hydrogen-bond donors (Lipinski definition) is 0. The number of esters is 1. The molecule has 2 aliphatic heterocycles. The SMILES string of the molecule is CCOC(=O)c1ccc2cnn(CC(C)CN3C4CCC3CC(OCC3CC3)C4)c2c1. The van der Waals surface area contributed by atoms with Crippen LogP contribution < -0.4 is 0 Å². The third-order valence-electron chi connectivity index (χ3n) is 7.27. The maximum absolute atomic E-state index is 12.1. The molecule has 2 aromatic rings. The molecular weight excluding hydrogens is 390 g/mol. The zero-order valence-electron chi connectivity index (χ0n) is 18.8. The molecule has 0 radical (unpaired) electrons. The molecule has 6 nitrogen and oxygen atoms in total. The van der Waals surface area contributed by atoms with E-state index in [0.29, 0.717) is 36.3 Å². The summed E-state index contributed by atoms with van der Waals surface area (Å²) in [5, 5.41) is 5.68. The van der Waals surface area contributed by atoms with Crippen LogP contribution in [0.2, 0.25) is 0 Å². The fourth-order valence-electron chi connectivity index (χ4n) is 5.49. The van der Waals surface area contributed by atoms with Crippen LogP contribution in [0.3, 0.4) is 0 Å². The van der Waals surface area contributed by atoms with Crippen LogP contribution in [0, 0.1) is 11.8 Å². The van der Waals surface area contributed by atoms with Gasteiger partial charge in [-0.1, -0.05) is 13.0 Å². The number of nitrogens with zero attached hydrogens (tertiary/aromatic N) is 3. The first kappa shape index (κ1) is 21.0. The third kappa shape index (κ3) is 4.65. The normalized spacial score (nSPS) is 27.0. The van der Waals surface area contributed by atoms with Gasteiger partial charge in [-0.2, -0.15) is 5.10 Å². The fraction of sp³-hybridized carbons (Fsp3) is 0.680. The van der Waals surface area contributed by atoms with Gasteiger partial charge in [0.25, 0.3) is 0 Å². The minimum Gasteiger partial charge on any atom is -0.462 e. The lowest BCUT2D eigenvalue weighted by Crippen LogP contribution is -2.47. The highest BCUT2D eigenvalue weighted by Crippen LogP contribution is 2.38. The average molecular weight is 426 g/mol. The number of fused-ring (bicyclic) bond motifs is 3. The van der Waals surface area contributed by atoms with E-state index in [1.807, 2.05) is 31.3 Å². The molecule has 1 saturated carbocycles. The molecule has 1 aliphatic carbocycles. The summed E-state index contributed by atoms with van der Waals surface area (Å²) in [6, 6.07) is 7.05. The minimum absolute atomic E-state index is 0.270. The number of rotatable bonds is 9. The summed E-state index contributed by atoms with van der Waals surface area (Å²) in [7, 11) is 0. The zero-order valence-corrected chi connectivity index (χ0v) is 18.8. The van der Waals surface area contributed by atoms with E-state index >= 15 is 0 Å². The predicted octanol–water partition coefficient (Wildman–Crippen LogP) is 4.27. The van der Waals surface area contributed by atoms with E-state index < -0.39 is 0 Å². The van der Waals surface area contributed by atoms with Crippen molar-refractivity contribution in [3.05, 3.63) is 30.0 Å². The molecule has 3 fully saturated rings. The van der Waals surface area contributed by atoms with Crippen molar-refractivity contribution in [3.63, 3.8) is 0 Å². The van der Waals surface area contributed by atoms with Crippen molar-refractivity contribution in [2.45, 2.75) is 77.1 Å². The molecule has 168 valence electrons. The highest BCUT2D eigenvalue weighted by Gasteiger charge is 2.41. The van der Waals surface area contributed by atoms with E-state index in [0.717, 1.165) is 36.5 Å². The van der Waals surface area contributed by atoms with E-state index in [9.17, 15) is 4.79 Å². The number of hydrogen-bond acceptors (Lipinski definition) is 5. The quantitative estimate of drug-likeness (QED) is 0.562. The van der Waals surface area contributed by atoms with E-state index in [1.165, 1.54) is 38.5 Å². The smallest absolute Gasteiger partial charge is 0.338 e. The summed E-state index contributed by atoms with van der Waals surface area (Å²) in [6.07, 6.45) is 10.1. The number of carbonyl (C=O) groups is 1. The fourth-order valence-corrected chi connectivity index (χ4v) is 5.49. The maximum Gasteiger partial charge on any atom is 0.338 e. The topological polar surface area (TPSA) is 56.6 Å². The van der Waals surface area contributed by atoms with Gasteiger partial charge in [-0.25, -0.2) is 4.79 Å². The number of carbonyl (C=O) groups excluding carboxylic acids is 1. The number of ether oxygens (including phenoxy) is 2. The molecule has 2 bridgehead atoms. The van der Waals surface area contributed by atoms with E-state index in [1.54, 1.807) is 0 Å². The average Bonchev–Trinajstić information content (AvgIpc) is 3.47. The highest BCUT2D eigenvalue weighted by molar-refractivity contribution is 5.94. The van der Waals surface area contributed by atoms with Crippen molar-refractivity contribution >= 4 is 16.9 Å². The lowest BCUT2D eigenvalue weighted by atomic mass is 9.98. The van der Waals surface area contributed by atoms with Gasteiger partial charge in [-0.3, -0.25) is 9.58 Å². The first-order valence-electron chi connectivity index (χ1n) is 12.1. The summed E-state index contributed by atoms with van der Waals surface area (Å²) < 4.78 is 13.5. The van der Waals surface area contributed by atoms with Crippen molar-refractivity contribution in [1.82, 2.24) is 14.7 Å². The van der Waals surface area contributed by atoms with Gasteiger partial charge in [0.15, 0.2) is 0 Å². The monoisotopic (exact) mass is 425 g/mol. The Morgan fingerprint density at radius 3 is 2.65 bits per heavy atom. The minimum atomic E-state index is -0.270. The van der Waals surface area contributed by atoms with Crippen LogP contribution >= 0.6 is 0 Å². The van der Waals surface area contributed by atoms with Crippen LogP contribution in [0.15, 0.2) is 24.4 Å². The Kier molecular flexibility index (Phi) is 6.02. The van der Waals surface area contributed by atoms with Gasteiger partial charge in [0, 0.05) is 37.2 Å². The lowest BCUT2D eigenvalue weighted by Gasteiger charge is -2.40. The van der Waals surface area contributed by atoms with Gasteiger partial charge in [-0.05, 0) is 69.4 Å². The molecule has 1 aromatic carbocycles. The van der Waals surface area contributed by atoms with Gasteiger partial charge in [0.1, 0.15) is 0 Å². The summed E-state index contributed by atoms with van der Waals surface area (Å²) in [6.45, 7) is 7.48. The van der Waals surface area contributed by atoms with Crippen LogP contribution in [0.1, 0.15) is 62.7 Å². The Hall–Kier alpha value is -1.92. The second-order valence-electron chi connectivity index (χ2n) is 9.88. The molecule has 0 amide bonds. The first-order valence-corrected chi connectivity index (χ1v) is 12.1. The molecule has 5 rings (SSSR count). The molecule has 0 spiro atoms. The zero-order chi connectivity index (χ0) is 21.4. The third-order valence-corrected chi connectivity index (χ3v) is 7.27. The first-order chi connectivity index (χ1) is 15.1. The van der Waals surface area contributed by atoms with E-state index in [4.69, 9.17) is 9.47 Å². The summed E-state index contributed by atoms with van der Waals surface area (Å²) in [5.74, 6) is 1.07. The second kappa shape index (κ2) is 8.91. The Bertz CT molecular complexity index is 908. The molecule has 1 aromatic heterocycles. The Labute approximate surface area is 184 Å². The Morgan fingerprint density at radius 1 is 1.16 bits per heavy atom. The van der Waals surface area contributed by atoms with Gasteiger partial charge in [0.2, 0.25) is 0 Å². The van der Waals surface area contributed by atoms with Crippen molar-refractivity contribution in [2.24, 2.45) is 11.8 Å². The summed E-state index contributed by atoms with van der Waals surface area (Å²) in [5.41, 5.74) is 1.60. The number of benzene rings is 1. The maximum atomic E-state index is 12.1. The van der Waals surface area contributed by atoms with E-state index in [2.05, 4.69) is 21.6 Å². The molecular formula is C25H35N3O3. The van der Waals surface area contributed by atoms with Gasteiger partial charge in [0.05, 0.1) is 30.0 Å². The second-order valence-corrected chi connectivity index (χ2v) is 9.88. The van der Waals surface area contributed by atoms with Crippen LogP contribution in [-0.2, 0) is 16.0 Å². The van der Waals surface area contributed by atoms with Gasteiger partial charge in [-0.15, -0.1) is 0 Å². The molecule has 2 saturated heterocycles. The van der Waals surface area contributed by atoms with E-state index in [-0.39, 0.29) is 5.97 Å². The van der Waals surface area contributed by atoms with Crippen LogP contribution in [-0.4, -0.2) is 58.6 Å². The number of aromatic nitrogens is 2. The standard InChI is InChI=1S/C25H35N3O3/c1-3-30-25(29)19-6-7-20-13-26-28(24(20)10-19)15-17(2)14-27-21-8-9-22(27)12-23(11-21)31-16-18-4-5-18/h6-7,10,13,17-18,21-23H,3-5,8-9,11-12,14-16H2,1-2H3. The Balaban J connectivity index is 1.20. The van der Waals surface area contributed by atoms with Crippen molar-refractivity contribution in [1.29, 1.82) is 0 Å². The molecule has 3 aliphatic rings. The summed E-state index contributed by atoms with van der Waals surface area (Å²) in [4.78, 5) is 14.9. The molecule has 31 heavy (non-hydrogen) atoms. The molecule has 3 heterocycles. The van der Waals surface area contributed by atoms with Crippen LogP contribution in [0.25, 0.3) is 10.9 Å². The largest absolute Gasteiger partial charge is 0.462 e.